The first-order valence-corrected chi connectivity index (χ1v) is 10.1. The van der Waals surface area contributed by atoms with Crippen LogP contribution in [0.4, 0.5) is 11.4 Å². The van der Waals surface area contributed by atoms with Crippen LogP contribution in [0.15, 0.2) is 55.1 Å². The zero-order valence-electron chi connectivity index (χ0n) is 18.9. The minimum absolute atomic E-state index is 0.161. The number of rotatable bonds is 8. The number of aryl methyl sites for hydroxylation is 2. The lowest BCUT2D eigenvalue weighted by Gasteiger charge is -2.16. The molecule has 0 aliphatic rings. The Balaban J connectivity index is 1.63. The summed E-state index contributed by atoms with van der Waals surface area (Å²) in [4.78, 5) is 25.0. The Morgan fingerprint density at radius 2 is 1.42 bits per heavy atom. The number of carbonyl (C=O) groups excluding carboxylic acids is 2. The lowest BCUT2D eigenvalue weighted by molar-refractivity contribution is -0.683. The number of methoxy groups -OCH3 is 2. The number of nitrogens with zero attached hydrogens (tertiary/aromatic N) is 4. The number of aromatic nitrogens is 2. The van der Waals surface area contributed by atoms with Gasteiger partial charge in [0.2, 0.25) is 6.33 Å². The third-order valence-electron chi connectivity index (χ3n) is 5.13. The Bertz CT molecular complexity index is 1070. The first-order chi connectivity index (χ1) is 15.7. The summed E-state index contributed by atoms with van der Waals surface area (Å²) >= 11 is 0. The van der Waals surface area contributed by atoms with E-state index in [-0.39, 0.29) is 24.5 Å². The summed E-state index contributed by atoms with van der Waals surface area (Å²) in [5, 5.41) is 21.7. The van der Waals surface area contributed by atoms with E-state index in [1.54, 1.807) is 48.8 Å². The molecule has 0 spiro atoms. The van der Waals surface area contributed by atoms with E-state index in [0.717, 1.165) is 11.1 Å². The number of anilines is 2. The van der Waals surface area contributed by atoms with Crippen molar-refractivity contribution < 1.29 is 34.0 Å². The average Bonchev–Trinajstić information content (AvgIpc) is 3.25. The third kappa shape index (κ3) is 5.48. The number of hydrogen-bond acceptors (Lipinski definition) is 6. The zero-order valence-corrected chi connectivity index (χ0v) is 18.9. The standard InChI is InChI=1S/C23H27N4O6/c1-16-5-7-18(11-20(16)32-3)26(30)22(28)13-24-9-10-25(15-24)14-23(29)27(31)19-8-6-17(2)21(12-19)33-4/h5-12,15,30-31H,13-14H2,1-4H3/q+1. The predicted octanol–water partition coefficient (Wildman–Crippen LogP) is 2.25. The van der Waals surface area contributed by atoms with E-state index < -0.39 is 11.8 Å². The molecule has 0 bridgehead atoms. The predicted molar refractivity (Wildman–Crippen MR) is 119 cm³/mol. The van der Waals surface area contributed by atoms with Gasteiger partial charge in [-0.25, -0.2) is 9.13 Å². The van der Waals surface area contributed by atoms with Gasteiger partial charge in [0, 0.05) is 12.1 Å². The highest BCUT2D eigenvalue weighted by Gasteiger charge is 2.21. The molecule has 33 heavy (non-hydrogen) atoms. The lowest BCUT2D eigenvalue weighted by Crippen LogP contribution is -2.43. The van der Waals surface area contributed by atoms with Gasteiger partial charge in [0.05, 0.1) is 25.6 Å². The van der Waals surface area contributed by atoms with Crippen LogP contribution in [0, 0.1) is 13.8 Å². The second kappa shape index (κ2) is 10.2. The molecule has 0 fully saturated rings. The summed E-state index contributed by atoms with van der Waals surface area (Å²) in [5.74, 6) is -0.0520. The fourth-order valence-corrected chi connectivity index (χ4v) is 3.24. The summed E-state index contributed by atoms with van der Waals surface area (Å²) in [6.07, 6.45) is 4.71. The summed E-state index contributed by atoms with van der Waals surface area (Å²) in [6.45, 7) is 3.39. The molecule has 0 unspecified atom stereocenters. The minimum atomic E-state index is -0.578. The van der Waals surface area contributed by atoms with Crippen molar-refractivity contribution in [3.8, 4) is 11.5 Å². The molecular formula is C23H27N4O6+. The van der Waals surface area contributed by atoms with E-state index in [1.165, 1.54) is 29.7 Å². The molecule has 2 aromatic carbocycles. The number of benzene rings is 2. The van der Waals surface area contributed by atoms with Crippen molar-refractivity contribution in [3.05, 3.63) is 66.2 Å². The monoisotopic (exact) mass is 455 g/mol. The number of amides is 2. The summed E-state index contributed by atoms with van der Waals surface area (Å²) < 4.78 is 13.5. The maximum absolute atomic E-state index is 12.5. The van der Waals surface area contributed by atoms with Crippen molar-refractivity contribution in [1.29, 1.82) is 0 Å². The van der Waals surface area contributed by atoms with Gasteiger partial charge in [-0.05, 0) is 37.1 Å². The molecule has 0 saturated heterocycles. The van der Waals surface area contributed by atoms with E-state index in [4.69, 9.17) is 9.47 Å². The van der Waals surface area contributed by atoms with Gasteiger partial charge in [0.1, 0.15) is 23.9 Å². The molecule has 10 heteroatoms. The average molecular weight is 455 g/mol. The Labute approximate surface area is 191 Å². The van der Waals surface area contributed by atoms with Gasteiger partial charge in [-0.2, -0.15) is 10.1 Å². The van der Waals surface area contributed by atoms with E-state index in [1.807, 2.05) is 13.8 Å². The van der Waals surface area contributed by atoms with Gasteiger partial charge in [0.15, 0.2) is 13.1 Å². The van der Waals surface area contributed by atoms with Crippen LogP contribution in [0.1, 0.15) is 11.1 Å². The third-order valence-corrected chi connectivity index (χ3v) is 5.13. The van der Waals surface area contributed by atoms with Gasteiger partial charge in [-0.15, -0.1) is 0 Å². The quantitative estimate of drug-likeness (QED) is 0.306. The zero-order chi connectivity index (χ0) is 24.1. The van der Waals surface area contributed by atoms with Crippen LogP contribution in [0.5, 0.6) is 11.5 Å². The molecule has 3 rings (SSSR count). The molecule has 1 heterocycles. The number of hydrogen-bond donors (Lipinski definition) is 2. The topological polar surface area (TPSA) is 108 Å². The molecule has 0 radical (unpaired) electrons. The van der Waals surface area contributed by atoms with Crippen LogP contribution >= 0.6 is 0 Å². The summed E-state index contributed by atoms with van der Waals surface area (Å²) in [5.41, 5.74) is 2.31. The lowest BCUT2D eigenvalue weighted by atomic mass is 10.2. The molecular weight excluding hydrogens is 428 g/mol. The fraction of sp³-hybridized carbons (Fsp3) is 0.261. The van der Waals surface area contributed by atoms with Gasteiger partial charge in [-0.3, -0.25) is 20.0 Å². The van der Waals surface area contributed by atoms with Gasteiger partial charge in [-0.1, -0.05) is 12.1 Å². The first kappa shape index (κ1) is 23.8. The van der Waals surface area contributed by atoms with Crippen LogP contribution < -0.4 is 24.2 Å². The molecule has 10 nitrogen and oxygen atoms in total. The second-order valence-electron chi connectivity index (χ2n) is 7.48. The van der Waals surface area contributed by atoms with Crippen LogP contribution in [0.25, 0.3) is 0 Å². The number of carbonyl (C=O) groups is 2. The van der Waals surface area contributed by atoms with Crippen molar-refractivity contribution in [3.63, 3.8) is 0 Å². The Hall–Kier alpha value is -3.89. The minimum Gasteiger partial charge on any atom is -0.496 e. The van der Waals surface area contributed by atoms with Gasteiger partial charge >= 0.3 is 0 Å². The number of ether oxygens (including phenoxy) is 2. The van der Waals surface area contributed by atoms with Gasteiger partial charge < -0.3 is 9.47 Å². The smallest absolute Gasteiger partial charge is 0.292 e. The van der Waals surface area contributed by atoms with Crippen molar-refractivity contribution in [2.75, 3.05) is 24.3 Å². The molecule has 174 valence electrons. The molecule has 0 aliphatic heterocycles. The van der Waals surface area contributed by atoms with Crippen LogP contribution in [0.2, 0.25) is 0 Å². The Kier molecular flexibility index (Phi) is 7.31. The fourth-order valence-electron chi connectivity index (χ4n) is 3.24. The van der Waals surface area contributed by atoms with Crippen LogP contribution in [-0.2, 0) is 22.7 Å². The van der Waals surface area contributed by atoms with Crippen LogP contribution in [0.3, 0.4) is 0 Å². The largest absolute Gasteiger partial charge is 0.496 e. The SMILES string of the molecule is COc1cc(N(O)C(=O)Cn2cc[n+](CC(=O)N(O)c3ccc(C)c(OC)c3)c2)ccc1C. The maximum atomic E-state index is 12.5. The molecule has 1 aromatic heterocycles. The number of hydroxylamine groups is 2. The van der Waals surface area contributed by atoms with E-state index in [0.29, 0.717) is 21.6 Å². The Morgan fingerprint density at radius 1 is 0.909 bits per heavy atom. The highest BCUT2D eigenvalue weighted by Crippen LogP contribution is 2.25. The molecule has 2 amide bonds. The Morgan fingerprint density at radius 3 is 1.94 bits per heavy atom. The number of imidazole rings is 1. The van der Waals surface area contributed by atoms with Crippen molar-refractivity contribution in [1.82, 2.24) is 4.57 Å². The van der Waals surface area contributed by atoms with E-state index >= 15 is 0 Å². The van der Waals surface area contributed by atoms with Crippen molar-refractivity contribution >= 4 is 23.2 Å². The summed E-state index contributed by atoms with van der Waals surface area (Å²) in [7, 11) is 3.02. The molecule has 0 aliphatic carbocycles. The van der Waals surface area contributed by atoms with Crippen molar-refractivity contribution in [2.45, 2.75) is 26.9 Å². The highest BCUT2D eigenvalue weighted by atomic mass is 16.5. The van der Waals surface area contributed by atoms with Crippen molar-refractivity contribution in [2.24, 2.45) is 0 Å². The molecule has 0 atom stereocenters. The second-order valence-corrected chi connectivity index (χ2v) is 7.48. The van der Waals surface area contributed by atoms with Crippen LogP contribution in [-0.4, -0.2) is 41.0 Å². The van der Waals surface area contributed by atoms with E-state index in [9.17, 15) is 20.0 Å². The van der Waals surface area contributed by atoms with Gasteiger partial charge in [0.25, 0.3) is 11.8 Å². The normalized spacial score (nSPS) is 10.6. The highest BCUT2D eigenvalue weighted by molar-refractivity contribution is 5.91. The first-order valence-electron chi connectivity index (χ1n) is 10.1. The van der Waals surface area contributed by atoms with E-state index in [2.05, 4.69) is 0 Å². The maximum Gasteiger partial charge on any atom is 0.292 e. The molecule has 3 aromatic rings. The molecule has 0 saturated carbocycles. The molecule has 2 N–H and O–H groups in total. The summed E-state index contributed by atoms with van der Waals surface area (Å²) in [6, 6.07) is 9.84.